The first-order valence-corrected chi connectivity index (χ1v) is 7.19. The third-order valence-corrected chi connectivity index (χ3v) is 3.65. The van der Waals surface area contributed by atoms with Crippen molar-refractivity contribution >= 4 is 11.6 Å². The van der Waals surface area contributed by atoms with Crippen LogP contribution >= 0.6 is 11.6 Å². The summed E-state index contributed by atoms with van der Waals surface area (Å²) in [5.41, 5.74) is 5.56. The van der Waals surface area contributed by atoms with E-state index in [9.17, 15) is 0 Å². The first-order chi connectivity index (χ1) is 9.28. The Labute approximate surface area is 120 Å². The van der Waals surface area contributed by atoms with E-state index in [1.807, 2.05) is 24.3 Å². The van der Waals surface area contributed by atoms with Crippen molar-refractivity contribution < 1.29 is 4.74 Å². The largest absolute Gasteiger partial charge is 0.492 e. The van der Waals surface area contributed by atoms with E-state index in [0.29, 0.717) is 0 Å². The van der Waals surface area contributed by atoms with Gasteiger partial charge in [-0.05, 0) is 24.3 Å². The predicted molar refractivity (Wildman–Crippen MR) is 78.9 cm³/mol. The molecule has 106 valence electrons. The van der Waals surface area contributed by atoms with Crippen LogP contribution in [0.5, 0.6) is 5.75 Å². The fraction of sp³-hybridized carbons (Fsp3) is 0.571. The average Bonchev–Trinajstić information content (AvgIpc) is 2.43. The summed E-state index contributed by atoms with van der Waals surface area (Å²) in [5.74, 6) is 0.881. The van der Waals surface area contributed by atoms with E-state index in [1.165, 1.54) is 0 Å². The van der Waals surface area contributed by atoms with Crippen molar-refractivity contribution in [1.29, 1.82) is 0 Å². The zero-order valence-electron chi connectivity index (χ0n) is 11.2. The number of nitrogens with two attached hydrogens (primary N) is 1. The zero-order valence-corrected chi connectivity index (χ0v) is 12.0. The van der Waals surface area contributed by atoms with Crippen molar-refractivity contribution in [3.05, 3.63) is 29.3 Å². The van der Waals surface area contributed by atoms with Gasteiger partial charge in [-0.1, -0.05) is 11.6 Å². The van der Waals surface area contributed by atoms with Crippen molar-refractivity contribution in [2.75, 3.05) is 52.4 Å². The van der Waals surface area contributed by atoms with Gasteiger partial charge in [-0.3, -0.25) is 9.80 Å². The molecule has 1 aromatic rings. The lowest BCUT2D eigenvalue weighted by molar-refractivity contribution is 0.119. The second-order valence-corrected chi connectivity index (χ2v) is 5.21. The van der Waals surface area contributed by atoms with Crippen molar-refractivity contribution in [3.63, 3.8) is 0 Å². The Hall–Kier alpha value is -0.810. The summed E-state index contributed by atoms with van der Waals surface area (Å²) in [7, 11) is 0. The molecular formula is C14H22ClN3O. The van der Waals surface area contributed by atoms with E-state index in [4.69, 9.17) is 22.1 Å². The predicted octanol–water partition coefficient (Wildman–Crippen LogP) is 1.30. The van der Waals surface area contributed by atoms with Gasteiger partial charge in [0.05, 0.1) is 0 Å². The van der Waals surface area contributed by atoms with Crippen LogP contribution in [-0.4, -0.2) is 62.2 Å². The topological polar surface area (TPSA) is 41.7 Å². The Bertz CT molecular complexity index is 363. The molecule has 0 amide bonds. The summed E-state index contributed by atoms with van der Waals surface area (Å²) in [4.78, 5) is 4.85. The van der Waals surface area contributed by atoms with Crippen molar-refractivity contribution in [2.24, 2.45) is 5.73 Å². The van der Waals surface area contributed by atoms with Crippen LogP contribution in [0.1, 0.15) is 0 Å². The first kappa shape index (κ1) is 14.6. The highest BCUT2D eigenvalue weighted by Crippen LogP contribution is 2.15. The fourth-order valence-electron chi connectivity index (χ4n) is 2.24. The molecule has 1 fully saturated rings. The molecule has 1 saturated heterocycles. The lowest BCUT2D eigenvalue weighted by Gasteiger charge is -2.34. The number of ether oxygens (including phenoxy) is 1. The number of hydrogen-bond acceptors (Lipinski definition) is 4. The fourth-order valence-corrected chi connectivity index (χ4v) is 2.37. The molecular weight excluding hydrogens is 262 g/mol. The summed E-state index contributed by atoms with van der Waals surface area (Å²) in [6, 6.07) is 7.51. The monoisotopic (exact) mass is 283 g/mol. The van der Waals surface area contributed by atoms with Gasteiger partial charge in [0.2, 0.25) is 0 Å². The van der Waals surface area contributed by atoms with Gasteiger partial charge in [0, 0.05) is 50.8 Å². The maximum atomic E-state index is 5.83. The minimum Gasteiger partial charge on any atom is -0.492 e. The second kappa shape index (κ2) is 7.70. The van der Waals surface area contributed by atoms with Crippen LogP contribution in [-0.2, 0) is 0 Å². The highest BCUT2D eigenvalue weighted by Gasteiger charge is 2.15. The van der Waals surface area contributed by atoms with Gasteiger partial charge in [-0.25, -0.2) is 0 Å². The Kier molecular flexibility index (Phi) is 5.92. The molecule has 0 saturated carbocycles. The van der Waals surface area contributed by atoms with E-state index in [0.717, 1.165) is 63.2 Å². The van der Waals surface area contributed by atoms with Gasteiger partial charge < -0.3 is 10.5 Å². The molecule has 19 heavy (non-hydrogen) atoms. The molecule has 0 radical (unpaired) electrons. The summed E-state index contributed by atoms with van der Waals surface area (Å²) < 4.78 is 5.70. The van der Waals surface area contributed by atoms with Crippen molar-refractivity contribution in [1.82, 2.24) is 9.80 Å². The maximum absolute atomic E-state index is 5.83. The number of piperazine rings is 1. The molecule has 0 atom stereocenters. The van der Waals surface area contributed by atoms with Crippen LogP contribution in [0.2, 0.25) is 5.02 Å². The van der Waals surface area contributed by atoms with E-state index < -0.39 is 0 Å². The molecule has 4 nitrogen and oxygen atoms in total. The molecule has 1 aliphatic heterocycles. The number of hydrogen-bond donors (Lipinski definition) is 1. The maximum Gasteiger partial charge on any atom is 0.119 e. The quantitative estimate of drug-likeness (QED) is 0.854. The molecule has 5 heteroatoms. The molecule has 0 aromatic heterocycles. The van der Waals surface area contributed by atoms with Gasteiger partial charge in [0.15, 0.2) is 0 Å². The summed E-state index contributed by atoms with van der Waals surface area (Å²) in [5, 5.41) is 0.739. The highest BCUT2D eigenvalue weighted by atomic mass is 35.5. The summed E-state index contributed by atoms with van der Waals surface area (Å²) >= 11 is 5.83. The number of rotatable bonds is 6. The summed E-state index contributed by atoms with van der Waals surface area (Å²) in [6.45, 7) is 7.87. The smallest absolute Gasteiger partial charge is 0.119 e. The number of halogens is 1. The molecule has 1 aromatic carbocycles. The van der Waals surface area contributed by atoms with E-state index in [2.05, 4.69) is 9.80 Å². The van der Waals surface area contributed by atoms with Crippen LogP contribution in [0, 0.1) is 0 Å². The Morgan fingerprint density at radius 1 is 1.00 bits per heavy atom. The molecule has 0 aliphatic carbocycles. The first-order valence-electron chi connectivity index (χ1n) is 6.81. The minimum atomic E-state index is 0.721. The third-order valence-electron chi connectivity index (χ3n) is 3.40. The van der Waals surface area contributed by atoms with Gasteiger partial charge in [-0.15, -0.1) is 0 Å². The normalized spacial score (nSPS) is 17.6. The summed E-state index contributed by atoms with van der Waals surface area (Å²) in [6.07, 6.45) is 0. The lowest BCUT2D eigenvalue weighted by Crippen LogP contribution is -2.48. The number of nitrogens with zero attached hydrogens (tertiary/aromatic N) is 2. The van der Waals surface area contributed by atoms with Crippen molar-refractivity contribution in [2.45, 2.75) is 0 Å². The Morgan fingerprint density at radius 2 is 1.58 bits per heavy atom. The molecule has 1 aliphatic rings. The van der Waals surface area contributed by atoms with Gasteiger partial charge in [0.25, 0.3) is 0 Å². The second-order valence-electron chi connectivity index (χ2n) is 4.77. The number of benzene rings is 1. The third kappa shape index (κ3) is 4.99. The van der Waals surface area contributed by atoms with Crippen LogP contribution in [0.3, 0.4) is 0 Å². The SMILES string of the molecule is NCCN1CCN(CCOc2ccc(Cl)cc2)CC1. The van der Waals surface area contributed by atoms with Crippen LogP contribution in [0.15, 0.2) is 24.3 Å². The van der Waals surface area contributed by atoms with E-state index >= 15 is 0 Å². The zero-order chi connectivity index (χ0) is 13.5. The van der Waals surface area contributed by atoms with Gasteiger partial charge in [0.1, 0.15) is 12.4 Å². The molecule has 2 N–H and O–H groups in total. The van der Waals surface area contributed by atoms with Gasteiger partial charge in [-0.2, -0.15) is 0 Å². The highest BCUT2D eigenvalue weighted by molar-refractivity contribution is 6.30. The standard InChI is InChI=1S/C14H22ClN3O/c15-13-1-3-14(4-2-13)19-12-11-18-9-7-17(6-5-16)8-10-18/h1-4H,5-12,16H2. The molecule has 0 bridgehead atoms. The minimum absolute atomic E-state index is 0.721. The average molecular weight is 284 g/mol. The van der Waals surface area contributed by atoms with E-state index in [-0.39, 0.29) is 0 Å². The van der Waals surface area contributed by atoms with Gasteiger partial charge >= 0.3 is 0 Å². The van der Waals surface area contributed by atoms with Crippen LogP contribution < -0.4 is 10.5 Å². The van der Waals surface area contributed by atoms with E-state index in [1.54, 1.807) is 0 Å². The van der Waals surface area contributed by atoms with Crippen LogP contribution in [0.25, 0.3) is 0 Å². The van der Waals surface area contributed by atoms with Crippen molar-refractivity contribution in [3.8, 4) is 5.75 Å². The molecule has 2 rings (SSSR count). The Balaban J connectivity index is 1.63. The molecule has 1 heterocycles. The molecule has 0 spiro atoms. The van der Waals surface area contributed by atoms with Crippen LogP contribution in [0.4, 0.5) is 0 Å². The lowest BCUT2D eigenvalue weighted by atomic mass is 10.3. The Morgan fingerprint density at radius 3 is 2.16 bits per heavy atom. The molecule has 0 unspecified atom stereocenters.